The maximum atomic E-state index is 6.21. The number of rotatable bonds is 4. The molecule has 1 aromatic heterocycles. The van der Waals surface area contributed by atoms with Gasteiger partial charge in [-0.3, -0.25) is 4.68 Å². The lowest BCUT2D eigenvalue weighted by molar-refractivity contribution is 0.532. The summed E-state index contributed by atoms with van der Waals surface area (Å²) in [7, 11) is 0. The molecule has 0 aromatic carbocycles. The van der Waals surface area contributed by atoms with Crippen molar-refractivity contribution in [2.45, 2.75) is 39.2 Å². The van der Waals surface area contributed by atoms with Crippen LogP contribution in [-0.2, 0) is 0 Å². The van der Waals surface area contributed by atoms with E-state index in [1.165, 1.54) is 0 Å². The number of hydrogen-bond donors (Lipinski definition) is 1. The standard InChI is InChI=1S/C10H18ClN3/c1-7(2)14-10(11)9(6-13-14)8(3)4-5-12/h6-8H,4-5,12H2,1-3H3. The molecule has 80 valence electrons. The molecule has 1 atom stereocenters. The molecule has 4 heteroatoms. The molecule has 0 saturated heterocycles. The number of nitrogens with two attached hydrogens (primary N) is 1. The molecule has 0 fully saturated rings. The van der Waals surface area contributed by atoms with Gasteiger partial charge in [-0.05, 0) is 32.7 Å². The smallest absolute Gasteiger partial charge is 0.130 e. The number of hydrogen-bond acceptors (Lipinski definition) is 2. The van der Waals surface area contributed by atoms with Crippen molar-refractivity contribution in [1.82, 2.24) is 9.78 Å². The Kier molecular flexibility index (Phi) is 3.96. The summed E-state index contributed by atoms with van der Waals surface area (Å²) in [5, 5.41) is 5.01. The topological polar surface area (TPSA) is 43.8 Å². The van der Waals surface area contributed by atoms with Crippen LogP contribution in [0.25, 0.3) is 0 Å². The minimum absolute atomic E-state index is 0.307. The molecule has 0 bridgehead atoms. The molecule has 0 aliphatic carbocycles. The normalized spacial score (nSPS) is 13.6. The third-order valence-electron chi connectivity index (χ3n) is 2.38. The molecule has 3 nitrogen and oxygen atoms in total. The average molecular weight is 216 g/mol. The molecule has 2 N–H and O–H groups in total. The molecule has 0 aliphatic rings. The summed E-state index contributed by atoms with van der Waals surface area (Å²) in [5.41, 5.74) is 6.62. The molecule has 1 heterocycles. The lowest BCUT2D eigenvalue weighted by Crippen LogP contribution is -2.06. The van der Waals surface area contributed by atoms with Crippen molar-refractivity contribution in [3.63, 3.8) is 0 Å². The van der Waals surface area contributed by atoms with Crippen LogP contribution in [0.4, 0.5) is 0 Å². The van der Waals surface area contributed by atoms with Crippen LogP contribution in [0, 0.1) is 0 Å². The second-order valence-corrected chi connectivity index (χ2v) is 4.27. The number of halogens is 1. The Hall–Kier alpha value is -0.540. The molecule has 1 aromatic rings. The van der Waals surface area contributed by atoms with Gasteiger partial charge in [-0.25, -0.2) is 0 Å². The van der Waals surface area contributed by atoms with E-state index in [0.717, 1.165) is 17.1 Å². The van der Waals surface area contributed by atoms with Crippen LogP contribution in [0.5, 0.6) is 0 Å². The predicted molar refractivity (Wildman–Crippen MR) is 59.7 cm³/mol. The Morgan fingerprint density at radius 2 is 2.14 bits per heavy atom. The zero-order valence-electron chi connectivity index (χ0n) is 9.00. The first-order valence-corrected chi connectivity index (χ1v) is 5.38. The van der Waals surface area contributed by atoms with Gasteiger partial charge in [0.15, 0.2) is 0 Å². The highest BCUT2D eigenvalue weighted by Crippen LogP contribution is 2.27. The fraction of sp³-hybridized carbons (Fsp3) is 0.700. The summed E-state index contributed by atoms with van der Waals surface area (Å²) in [6.45, 7) is 6.94. The third kappa shape index (κ3) is 2.28. The molecule has 0 spiro atoms. The molecule has 1 unspecified atom stereocenters. The van der Waals surface area contributed by atoms with Crippen LogP contribution >= 0.6 is 11.6 Å². The zero-order chi connectivity index (χ0) is 10.7. The predicted octanol–water partition coefficient (Wildman–Crippen LogP) is 2.57. The Morgan fingerprint density at radius 1 is 1.50 bits per heavy atom. The van der Waals surface area contributed by atoms with E-state index in [1.807, 2.05) is 10.9 Å². The van der Waals surface area contributed by atoms with Crippen LogP contribution in [0.1, 0.15) is 44.7 Å². The van der Waals surface area contributed by atoms with Crippen molar-refractivity contribution in [3.05, 3.63) is 16.9 Å². The van der Waals surface area contributed by atoms with Crippen LogP contribution < -0.4 is 5.73 Å². The van der Waals surface area contributed by atoms with Crippen molar-refractivity contribution in [2.24, 2.45) is 5.73 Å². The minimum atomic E-state index is 0.307. The summed E-state index contributed by atoms with van der Waals surface area (Å²) in [6, 6.07) is 0.307. The van der Waals surface area contributed by atoms with E-state index in [1.54, 1.807) is 0 Å². The maximum absolute atomic E-state index is 6.21. The zero-order valence-corrected chi connectivity index (χ0v) is 9.75. The number of aromatic nitrogens is 2. The molecule has 1 rings (SSSR count). The van der Waals surface area contributed by atoms with E-state index < -0.39 is 0 Å². The summed E-state index contributed by atoms with van der Waals surface area (Å²) < 4.78 is 1.84. The van der Waals surface area contributed by atoms with Gasteiger partial charge in [-0.1, -0.05) is 18.5 Å². The minimum Gasteiger partial charge on any atom is -0.330 e. The second kappa shape index (κ2) is 4.80. The van der Waals surface area contributed by atoms with Gasteiger partial charge in [0, 0.05) is 11.6 Å². The molecular weight excluding hydrogens is 198 g/mol. The lowest BCUT2D eigenvalue weighted by atomic mass is 10.0. The Morgan fingerprint density at radius 3 is 2.57 bits per heavy atom. The Labute approximate surface area is 90.2 Å². The monoisotopic (exact) mass is 215 g/mol. The second-order valence-electron chi connectivity index (χ2n) is 3.91. The average Bonchev–Trinajstić information content (AvgIpc) is 2.47. The van der Waals surface area contributed by atoms with E-state index >= 15 is 0 Å². The fourth-order valence-corrected chi connectivity index (χ4v) is 1.93. The highest BCUT2D eigenvalue weighted by Gasteiger charge is 2.15. The molecule has 14 heavy (non-hydrogen) atoms. The van der Waals surface area contributed by atoms with E-state index in [9.17, 15) is 0 Å². The first-order valence-electron chi connectivity index (χ1n) is 5.00. The van der Waals surface area contributed by atoms with Gasteiger partial charge in [-0.15, -0.1) is 0 Å². The van der Waals surface area contributed by atoms with E-state index in [0.29, 0.717) is 18.5 Å². The van der Waals surface area contributed by atoms with Crippen molar-refractivity contribution < 1.29 is 0 Å². The largest absolute Gasteiger partial charge is 0.330 e. The third-order valence-corrected chi connectivity index (χ3v) is 2.77. The van der Waals surface area contributed by atoms with Crippen LogP contribution in [-0.4, -0.2) is 16.3 Å². The highest BCUT2D eigenvalue weighted by atomic mass is 35.5. The van der Waals surface area contributed by atoms with Crippen molar-refractivity contribution in [3.8, 4) is 0 Å². The molecule has 0 aliphatic heterocycles. The summed E-state index contributed by atoms with van der Waals surface area (Å²) in [5.74, 6) is 0.389. The van der Waals surface area contributed by atoms with Crippen molar-refractivity contribution >= 4 is 11.6 Å². The fourth-order valence-electron chi connectivity index (χ4n) is 1.46. The van der Waals surface area contributed by atoms with Gasteiger partial charge in [0.2, 0.25) is 0 Å². The van der Waals surface area contributed by atoms with E-state index in [2.05, 4.69) is 25.9 Å². The Balaban J connectivity index is 2.89. The van der Waals surface area contributed by atoms with Gasteiger partial charge in [0.25, 0.3) is 0 Å². The maximum Gasteiger partial charge on any atom is 0.130 e. The molecule has 0 amide bonds. The first kappa shape index (κ1) is 11.5. The van der Waals surface area contributed by atoms with Crippen LogP contribution in [0.3, 0.4) is 0 Å². The van der Waals surface area contributed by atoms with Crippen molar-refractivity contribution in [1.29, 1.82) is 0 Å². The molecular formula is C10H18ClN3. The molecule has 0 radical (unpaired) electrons. The van der Waals surface area contributed by atoms with Gasteiger partial charge < -0.3 is 5.73 Å². The molecule has 0 saturated carbocycles. The number of nitrogens with zero attached hydrogens (tertiary/aromatic N) is 2. The van der Waals surface area contributed by atoms with E-state index in [4.69, 9.17) is 17.3 Å². The highest BCUT2D eigenvalue weighted by molar-refractivity contribution is 6.30. The van der Waals surface area contributed by atoms with Crippen LogP contribution in [0.2, 0.25) is 5.15 Å². The quantitative estimate of drug-likeness (QED) is 0.839. The SMILES string of the molecule is CC(CCN)c1cnn(C(C)C)c1Cl. The summed E-state index contributed by atoms with van der Waals surface area (Å²) in [6.07, 6.45) is 2.80. The first-order chi connectivity index (χ1) is 6.57. The van der Waals surface area contributed by atoms with Gasteiger partial charge >= 0.3 is 0 Å². The van der Waals surface area contributed by atoms with Gasteiger partial charge in [0.05, 0.1) is 6.20 Å². The van der Waals surface area contributed by atoms with Crippen LogP contribution in [0.15, 0.2) is 6.20 Å². The van der Waals surface area contributed by atoms with Gasteiger partial charge in [0.1, 0.15) is 5.15 Å². The van der Waals surface area contributed by atoms with Crippen molar-refractivity contribution in [2.75, 3.05) is 6.54 Å². The Bertz CT molecular complexity index is 294. The summed E-state index contributed by atoms with van der Waals surface area (Å²) >= 11 is 6.21. The van der Waals surface area contributed by atoms with E-state index in [-0.39, 0.29) is 0 Å². The lowest BCUT2D eigenvalue weighted by Gasteiger charge is -2.10. The summed E-state index contributed by atoms with van der Waals surface area (Å²) in [4.78, 5) is 0. The van der Waals surface area contributed by atoms with Gasteiger partial charge in [-0.2, -0.15) is 5.10 Å².